The highest BCUT2D eigenvalue weighted by atomic mass is 79.9. The van der Waals surface area contributed by atoms with Crippen molar-refractivity contribution in [3.63, 3.8) is 0 Å². The second-order valence-electron chi connectivity index (χ2n) is 5.78. The summed E-state index contributed by atoms with van der Waals surface area (Å²) in [5.74, 6) is 2.08. The van der Waals surface area contributed by atoms with Crippen molar-refractivity contribution in [3.05, 3.63) is 22.2 Å². The lowest BCUT2D eigenvalue weighted by Gasteiger charge is -2.32. The van der Waals surface area contributed by atoms with Crippen LogP contribution in [0, 0.1) is 5.92 Å². The smallest absolute Gasteiger partial charge is 0.254 e. The maximum Gasteiger partial charge on any atom is 0.254 e. The van der Waals surface area contributed by atoms with Crippen molar-refractivity contribution < 1.29 is 14.3 Å². The predicted octanol–water partition coefficient (Wildman–Crippen LogP) is 2.71. The highest BCUT2D eigenvalue weighted by Crippen LogP contribution is 2.39. The summed E-state index contributed by atoms with van der Waals surface area (Å²) in [4.78, 5) is 14.6. The van der Waals surface area contributed by atoms with Gasteiger partial charge in [0.2, 0.25) is 0 Å². The minimum Gasteiger partial charge on any atom is -0.486 e. The van der Waals surface area contributed by atoms with Crippen molar-refractivity contribution in [1.82, 2.24) is 10.2 Å². The molecule has 0 aliphatic carbocycles. The maximum absolute atomic E-state index is 12.7. The van der Waals surface area contributed by atoms with Crippen LogP contribution in [-0.4, -0.2) is 50.7 Å². The number of fused-ring (bicyclic) bond motifs is 1. The molecule has 0 radical (unpaired) electrons. The molecule has 1 aromatic rings. The van der Waals surface area contributed by atoms with E-state index in [-0.39, 0.29) is 18.3 Å². The molecular weight excluding hydrogens is 384 g/mol. The fourth-order valence-corrected chi connectivity index (χ4v) is 3.60. The first-order chi connectivity index (χ1) is 10.7. The Morgan fingerprint density at radius 2 is 2.00 bits per heavy atom. The van der Waals surface area contributed by atoms with Crippen LogP contribution in [0.3, 0.4) is 0 Å². The van der Waals surface area contributed by atoms with E-state index in [1.54, 1.807) is 6.07 Å². The second-order valence-corrected chi connectivity index (χ2v) is 6.63. The molecule has 0 saturated carbocycles. The van der Waals surface area contributed by atoms with E-state index in [4.69, 9.17) is 9.47 Å². The van der Waals surface area contributed by atoms with Crippen molar-refractivity contribution in [1.29, 1.82) is 0 Å². The molecule has 1 N–H and O–H groups in total. The van der Waals surface area contributed by atoms with Gasteiger partial charge in [0.05, 0.1) is 4.47 Å². The zero-order valence-electron chi connectivity index (χ0n) is 13.1. The summed E-state index contributed by atoms with van der Waals surface area (Å²) in [5, 5.41) is 3.21. The van der Waals surface area contributed by atoms with Crippen LogP contribution in [-0.2, 0) is 0 Å². The fourth-order valence-electron chi connectivity index (χ4n) is 3.05. The molecule has 128 valence electrons. The Morgan fingerprint density at radius 1 is 1.30 bits per heavy atom. The SMILES string of the molecule is CNCC1CCN(C(=O)c2cc(Br)c3c(c2)OCCO3)CC1.Cl. The van der Waals surface area contributed by atoms with E-state index in [1.165, 1.54) is 0 Å². The molecule has 0 spiro atoms. The van der Waals surface area contributed by atoms with Crippen LogP contribution in [0.4, 0.5) is 0 Å². The van der Waals surface area contributed by atoms with E-state index in [2.05, 4.69) is 21.2 Å². The van der Waals surface area contributed by atoms with E-state index in [9.17, 15) is 4.79 Å². The van der Waals surface area contributed by atoms with Crippen LogP contribution in [0.5, 0.6) is 11.5 Å². The van der Waals surface area contributed by atoms with Gasteiger partial charge in [-0.1, -0.05) is 0 Å². The van der Waals surface area contributed by atoms with Gasteiger partial charge in [-0.05, 0) is 60.4 Å². The lowest BCUT2D eigenvalue weighted by Crippen LogP contribution is -2.40. The van der Waals surface area contributed by atoms with Crippen LogP contribution < -0.4 is 14.8 Å². The molecule has 2 aliphatic heterocycles. The van der Waals surface area contributed by atoms with E-state index in [1.807, 2.05) is 18.0 Å². The van der Waals surface area contributed by atoms with Gasteiger partial charge in [-0.2, -0.15) is 0 Å². The summed E-state index contributed by atoms with van der Waals surface area (Å²) in [5.41, 5.74) is 0.656. The lowest BCUT2D eigenvalue weighted by atomic mass is 9.96. The molecule has 5 nitrogen and oxygen atoms in total. The normalized spacial score (nSPS) is 17.6. The van der Waals surface area contributed by atoms with Gasteiger partial charge in [0.25, 0.3) is 5.91 Å². The highest BCUT2D eigenvalue weighted by molar-refractivity contribution is 9.10. The molecule has 7 heteroatoms. The monoisotopic (exact) mass is 404 g/mol. The fraction of sp³-hybridized carbons (Fsp3) is 0.562. The third kappa shape index (κ3) is 4.11. The molecule has 3 rings (SSSR count). The molecule has 1 amide bonds. The minimum atomic E-state index is 0. The molecule has 2 heterocycles. The summed E-state index contributed by atoms with van der Waals surface area (Å²) in [7, 11) is 1.98. The summed E-state index contributed by atoms with van der Waals surface area (Å²) in [6.07, 6.45) is 2.11. The zero-order valence-corrected chi connectivity index (χ0v) is 15.5. The number of hydrogen-bond donors (Lipinski definition) is 1. The van der Waals surface area contributed by atoms with Gasteiger partial charge in [-0.25, -0.2) is 0 Å². The Balaban J connectivity index is 0.00000192. The summed E-state index contributed by atoms with van der Waals surface area (Å²) in [6.45, 7) is 3.72. The van der Waals surface area contributed by atoms with Crippen molar-refractivity contribution in [2.75, 3.05) is 39.9 Å². The van der Waals surface area contributed by atoms with Gasteiger partial charge >= 0.3 is 0 Å². The molecule has 0 bridgehead atoms. The third-order valence-electron chi connectivity index (χ3n) is 4.24. The van der Waals surface area contributed by atoms with Crippen molar-refractivity contribution in [2.24, 2.45) is 5.92 Å². The average molecular weight is 406 g/mol. The number of carbonyl (C=O) groups excluding carboxylic acids is 1. The number of piperidine rings is 1. The number of amides is 1. The summed E-state index contributed by atoms with van der Waals surface area (Å²) in [6, 6.07) is 3.62. The number of nitrogens with zero attached hydrogens (tertiary/aromatic N) is 1. The average Bonchev–Trinajstić information content (AvgIpc) is 2.55. The molecule has 23 heavy (non-hydrogen) atoms. The number of ether oxygens (including phenoxy) is 2. The number of likely N-dealkylation sites (tertiary alicyclic amines) is 1. The van der Waals surface area contributed by atoms with Crippen LogP contribution in [0.2, 0.25) is 0 Å². The van der Waals surface area contributed by atoms with Gasteiger partial charge in [-0.3, -0.25) is 4.79 Å². The van der Waals surface area contributed by atoms with Gasteiger partial charge in [0.1, 0.15) is 13.2 Å². The minimum absolute atomic E-state index is 0. The number of nitrogens with one attached hydrogen (secondary N) is 1. The van der Waals surface area contributed by atoms with Gasteiger partial charge < -0.3 is 19.7 Å². The van der Waals surface area contributed by atoms with Gasteiger partial charge in [0.15, 0.2) is 11.5 Å². The molecule has 0 aromatic heterocycles. The van der Waals surface area contributed by atoms with Gasteiger partial charge in [-0.15, -0.1) is 12.4 Å². The van der Waals surface area contributed by atoms with E-state index < -0.39 is 0 Å². The summed E-state index contributed by atoms with van der Waals surface area (Å²) >= 11 is 3.47. The van der Waals surface area contributed by atoms with Crippen LogP contribution >= 0.6 is 28.3 Å². The quantitative estimate of drug-likeness (QED) is 0.840. The van der Waals surface area contributed by atoms with Crippen molar-refractivity contribution in [2.45, 2.75) is 12.8 Å². The van der Waals surface area contributed by atoms with E-state index in [0.29, 0.717) is 36.2 Å². The predicted molar refractivity (Wildman–Crippen MR) is 94.9 cm³/mol. The van der Waals surface area contributed by atoms with Crippen LogP contribution in [0.1, 0.15) is 23.2 Å². The Bertz CT molecular complexity index is 563. The number of benzene rings is 1. The molecule has 2 aliphatic rings. The lowest BCUT2D eigenvalue weighted by molar-refractivity contribution is 0.0689. The Morgan fingerprint density at radius 3 is 2.70 bits per heavy atom. The maximum atomic E-state index is 12.7. The zero-order chi connectivity index (χ0) is 15.5. The first-order valence-electron chi connectivity index (χ1n) is 7.72. The number of hydrogen-bond acceptors (Lipinski definition) is 4. The van der Waals surface area contributed by atoms with Crippen LogP contribution in [0.15, 0.2) is 16.6 Å². The topological polar surface area (TPSA) is 50.8 Å². The highest BCUT2D eigenvalue weighted by Gasteiger charge is 2.25. The first kappa shape index (κ1) is 18.4. The van der Waals surface area contributed by atoms with Crippen molar-refractivity contribution in [3.8, 4) is 11.5 Å². The van der Waals surface area contributed by atoms with Crippen molar-refractivity contribution >= 4 is 34.2 Å². The molecular formula is C16H22BrClN2O3. The molecule has 1 fully saturated rings. The second kappa shape index (κ2) is 8.22. The number of carbonyl (C=O) groups is 1. The molecule has 1 aromatic carbocycles. The molecule has 0 atom stereocenters. The molecule has 1 saturated heterocycles. The Labute approximate surface area is 151 Å². The van der Waals surface area contributed by atoms with E-state index >= 15 is 0 Å². The Kier molecular flexibility index (Phi) is 6.56. The largest absolute Gasteiger partial charge is 0.486 e. The molecule has 0 unspecified atom stereocenters. The van der Waals surface area contributed by atoms with Gasteiger partial charge in [0, 0.05) is 18.7 Å². The first-order valence-corrected chi connectivity index (χ1v) is 8.51. The van der Waals surface area contributed by atoms with E-state index in [0.717, 1.165) is 36.9 Å². The Hall–Kier alpha value is -0.980. The van der Waals surface area contributed by atoms with Crippen LogP contribution in [0.25, 0.3) is 0 Å². The standard InChI is InChI=1S/C16H21BrN2O3.ClH/c1-18-10-11-2-4-19(5-3-11)16(20)12-8-13(17)15-14(9-12)21-6-7-22-15;/h8-9,11,18H,2-7,10H2,1H3;1H. The third-order valence-corrected chi connectivity index (χ3v) is 4.83. The number of halogens is 2. The number of rotatable bonds is 3. The summed E-state index contributed by atoms with van der Waals surface area (Å²) < 4.78 is 11.9.